The molecule has 0 fully saturated rings. The summed E-state index contributed by atoms with van der Waals surface area (Å²) in [7, 11) is 0. The average Bonchev–Trinajstić information content (AvgIpc) is 2.87. The molecule has 1 unspecified atom stereocenters. The van der Waals surface area contributed by atoms with Crippen molar-refractivity contribution in [3.8, 4) is 28.7 Å². The van der Waals surface area contributed by atoms with Gasteiger partial charge in [-0.1, -0.05) is 89.4 Å². The van der Waals surface area contributed by atoms with Crippen LogP contribution in [0.2, 0.25) is 15.1 Å². The molecule has 4 aromatic carbocycles. The maximum absolute atomic E-state index is 9.79. The molecule has 0 saturated carbocycles. The zero-order valence-corrected chi connectivity index (χ0v) is 21.9. The summed E-state index contributed by atoms with van der Waals surface area (Å²) in [5.41, 5.74) is 5.00. The first-order valence-electron chi connectivity index (χ1n) is 11.5. The van der Waals surface area contributed by atoms with E-state index in [1.165, 1.54) is 0 Å². The third kappa shape index (κ3) is 6.53. The summed E-state index contributed by atoms with van der Waals surface area (Å²) < 4.78 is 11.5. The van der Waals surface area contributed by atoms with Gasteiger partial charge in [0.15, 0.2) is 5.75 Å². The van der Waals surface area contributed by atoms with E-state index in [4.69, 9.17) is 44.3 Å². The van der Waals surface area contributed by atoms with E-state index in [-0.39, 0.29) is 5.92 Å². The Kier molecular flexibility index (Phi) is 8.78. The Labute approximate surface area is 226 Å². The number of ether oxygens (including phenoxy) is 2. The van der Waals surface area contributed by atoms with E-state index in [2.05, 4.69) is 6.07 Å². The number of halogens is 3. The number of hydrogen-bond donors (Lipinski definition) is 0. The maximum atomic E-state index is 9.79. The molecule has 0 amide bonds. The van der Waals surface area contributed by atoms with Crippen molar-refractivity contribution in [3.05, 3.63) is 117 Å². The lowest BCUT2D eigenvalue weighted by Gasteiger charge is -2.13. The lowest BCUT2D eigenvalue weighted by Crippen LogP contribution is -2.09. The monoisotopic (exact) mass is 535 g/mol. The van der Waals surface area contributed by atoms with Gasteiger partial charge < -0.3 is 9.47 Å². The standard InChI is InChI=1S/C30H24Cl3NO2/c1-20-16-28(32)30(29(33)17-20)36-15-14-35-25-12-6-21(7-13-25)18-24(19-34)22-8-10-23(11-9-22)26-4-2-3-5-27(26)31/h2-13,16-17,24H,14-15,18H2,1H3. The topological polar surface area (TPSA) is 42.2 Å². The minimum atomic E-state index is -0.255. The van der Waals surface area contributed by atoms with Gasteiger partial charge in [0, 0.05) is 10.6 Å². The minimum absolute atomic E-state index is 0.255. The fourth-order valence-electron chi connectivity index (χ4n) is 3.91. The summed E-state index contributed by atoms with van der Waals surface area (Å²) in [6.45, 7) is 2.58. The molecule has 36 heavy (non-hydrogen) atoms. The Morgan fingerprint density at radius 1 is 0.778 bits per heavy atom. The van der Waals surface area contributed by atoms with Gasteiger partial charge in [-0.15, -0.1) is 0 Å². The van der Waals surface area contributed by atoms with Crippen molar-refractivity contribution in [1.82, 2.24) is 0 Å². The number of nitriles is 1. The number of nitrogens with zero attached hydrogens (tertiary/aromatic N) is 1. The largest absolute Gasteiger partial charge is 0.490 e. The molecule has 0 bridgehead atoms. The van der Waals surface area contributed by atoms with E-state index in [1.807, 2.05) is 91.9 Å². The lowest BCUT2D eigenvalue weighted by molar-refractivity contribution is 0.217. The van der Waals surface area contributed by atoms with Gasteiger partial charge in [0.1, 0.15) is 19.0 Å². The van der Waals surface area contributed by atoms with Gasteiger partial charge in [0.2, 0.25) is 0 Å². The van der Waals surface area contributed by atoms with Gasteiger partial charge in [-0.3, -0.25) is 0 Å². The Morgan fingerprint density at radius 3 is 2.06 bits per heavy atom. The minimum Gasteiger partial charge on any atom is -0.490 e. The summed E-state index contributed by atoms with van der Waals surface area (Å²) in [6.07, 6.45) is 0.607. The number of hydrogen-bond acceptors (Lipinski definition) is 3. The number of benzene rings is 4. The van der Waals surface area contributed by atoms with Gasteiger partial charge in [0.25, 0.3) is 0 Å². The van der Waals surface area contributed by atoms with Crippen molar-refractivity contribution >= 4 is 34.8 Å². The molecular formula is C30H24Cl3NO2. The zero-order valence-electron chi connectivity index (χ0n) is 19.7. The molecule has 1 atom stereocenters. The molecule has 4 aromatic rings. The van der Waals surface area contributed by atoms with Gasteiger partial charge >= 0.3 is 0 Å². The average molecular weight is 537 g/mol. The molecule has 0 aliphatic carbocycles. The second kappa shape index (κ2) is 12.2. The van der Waals surface area contributed by atoms with Crippen LogP contribution in [0.25, 0.3) is 11.1 Å². The summed E-state index contributed by atoms with van der Waals surface area (Å²) in [4.78, 5) is 0. The third-order valence-electron chi connectivity index (χ3n) is 5.76. The second-order valence-electron chi connectivity index (χ2n) is 8.39. The summed E-state index contributed by atoms with van der Waals surface area (Å²) in [5, 5.41) is 11.5. The van der Waals surface area contributed by atoms with Crippen molar-refractivity contribution in [2.75, 3.05) is 13.2 Å². The van der Waals surface area contributed by atoms with Crippen LogP contribution in [-0.4, -0.2) is 13.2 Å². The summed E-state index contributed by atoms with van der Waals surface area (Å²) in [6, 6.07) is 29.5. The smallest absolute Gasteiger partial charge is 0.156 e. The predicted molar refractivity (Wildman–Crippen MR) is 148 cm³/mol. The Bertz CT molecular complexity index is 1340. The third-order valence-corrected chi connectivity index (χ3v) is 6.65. The molecule has 0 aromatic heterocycles. The summed E-state index contributed by atoms with van der Waals surface area (Å²) >= 11 is 18.7. The number of rotatable bonds is 9. The molecular weight excluding hydrogens is 513 g/mol. The van der Waals surface area contributed by atoms with E-state index >= 15 is 0 Å². The molecule has 6 heteroatoms. The predicted octanol–water partition coefficient (Wildman–Crippen LogP) is 8.93. The highest BCUT2D eigenvalue weighted by Crippen LogP contribution is 2.34. The van der Waals surface area contributed by atoms with Crippen LogP contribution in [0.15, 0.2) is 84.9 Å². The van der Waals surface area contributed by atoms with Crippen molar-refractivity contribution in [1.29, 1.82) is 5.26 Å². The SMILES string of the molecule is Cc1cc(Cl)c(OCCOc2ccc(CC(C#N)c3ccc(-c4ccccc4Cl)cc3)cc2)c(Cl)c1. The van der Waals surface area contributed by atoms with Crippen LogP contribution in [0.1, 0.15) is 22.6 Å². The number of aryl methyl sites for hydroxylation is 1. The van der Waals surface area contributed by atoms with Crippen LogP contribution in [-0.2, 0) is 6.42 Å². The zero-order chi connectivity index (χ0) is 25.5. The normalized spacial score (nSPS) is 11.5. The van der Waals surface area contributed by atoms with Gasteiger partial charge in [0.05, 0.1) is 22.0 Å². The van der Waals surface area contributed by atoms with Crippen LogP contribution in [0.4, 0.5) is 0 Å². The van der Waals surface area contributed by atoms with Crippen LogP contribution >= 0.6 is 34.8 Å². The molecule has 0 aliphatic rings. The fourth-order valence-corrected chi connectivity index (χ4v) is 4.86. The van der Waals surface area contributed by atoms with E-state index in [0.29, 0.717) is 40.5 Å². The Morgan fingerprint density at radius 2 is 1.42 bits per heavy atom. The molecule has 0 aliphatic heterocycles. The highest BCUT2D eigenvalue weighted by Gasteiger charge is 2.13. The maximum Gasteiger partial charge on any atom is 0.156 e. The van der Waals surface area contributed by atoms with E-state index < -0.39 is 0 Å². The quantitative estimate of drug-likeness (QED) is 0.201. The van der Waals surface area contributed by atoms with Crippen LogP contribution in [0.3, 0.4) is 0 Å². The molecule has 0 spiro atoms. The highest BCUT2D eigenvalue weighted by molar-refractivity contribution is 6.37. The van der Waals surface area contributed by atoms with Crippen molar-refractivity contribution in [2.45, 2.75) is 19.3 Å². The lowest BCUT2D eigenvalue weighted by atomic mass is 9.92. The van der Waals surface area contributed by atoms with E-state index in [9.17, 15) is 5.26 Å². The van der Waals surface area contributed by atoms with E-state index in [0.717, 1.165) is 33.6 Å². The van der Waals surface area contributed by atoms with Crippen molar-refractivity contribution < 1.29 is 9.47 Å². The molecule has 3 nitrogen and oxygen atoms in total. The molecule has 0 radical (unpaired) electrons. The van der Waals surface area contributed by atoms with Crippen LogP contribution in [0, 0.1) is 18.3 Å². The first kappa shape index (κ1) is 25.9. The first-order valence-corrected chi connectivity index (χ1v) is 12.6. The molecule has 0 N–H and O–H groups in total. The van der Waals surface area contributed by atoms with Crippen molar-refractivity contribution in [3.63, 3.8) is 0 Å². The molecule has 0 heterocycles. The molecule has 4 rings (SSSR count). The Hall–Kier alpha value is -3.16. The fraction of sp³-hybridized carbons (Fsp3) is 0.167. The first-order chi connectivity index (χ1) is 17.4. The highest BCUT2D eigenvalue weighted by atomic mass is 35.5. The molecule has 0 saturated heterocycles. The Balaban J connectivity index is 1.31. The van der Waals surface area contributed by atoms with Gasteiger partial charge in [-0.25, -0.2) is 0 Å². The van der Waals surface area contributed by atoms with Gasteiger partial charge in [-0.2, -0.15) is 5.26 Å². The van der Waals surface area contributed by atoms with Gasteiger partial charge in [-0.05, 0) is 65.9 Å². The summed E-state index contributed by atoms with van der Waals surface area (Å²) in [5.74, 6) is 0.931. The van der Waals surface area contributed by atoms with Crippen molar-refractivity contribution in [2.24, 2.45) is 0 Å². The van der Waals surface area contributed by atoms with E-state index in [1.54, 1.807) is 0 Å². The van der Waals surface area contributed by atoms with Crippen LogP contribution in [0.5, 0.6) is 11.5 Å². The van der Waals surface area contributed by atoms with Crippen LogP contribution < -0.4 is 9.47 Å². The second-order valence-corrected chi connectivity index (χ2v) is 9.61. The molecule has 182 valence electrons.